The lowest BCUT2D eigenvalue weighted by Crippen LogP contribution is -2.46. The maximum absolute atomic E-state index is 14.7. The standard InChI is InChI=1S/C20H17F4N5O3/c1-19(7-16(20(22,23)24)31-18(25)28-19)12-5-10(3-4-13(12)21)15-6-14(29-32-15)17-26-8-11(30-2)9-27-17/h3-6,8-9,16H,7H2,1-2H3,(H2,25,28)/t16-,19-/m0/s1. The van der Waals surface area contributed by atoms with E-state index in [-0.39, 0.29) is 17.1 Å². The molecule has 8 nitrogen and oxygen atoms in total. The van der Waals surface area contributed by atoms with E-state index < -0.39 is 36.1 Å². The monoisotopic (exact) mass is 451 g/mol. The molecule has 1 aromatic carbocycles. The number of rotatable bonds is 4. The minimum absolute atomic E-state index is 0.0888. The first-order valence-corrected chi connectivity index (χ1v) is 9.31. The fourth-order valence-electron chi connectivity index (χ4n) is 3.38. The second-order valence-corrected chi connectivity index (χ2v) is 7.29. The van der Waals surface area contributed by atoms with E-state index in [4.69, 9.17) is 15.0 Å². The Labute approximate surface area is 179 Å². The molecule has 0 fully saturated rings. The zero-order chi connectivity index (χ0) is 23.1. The summed E-state index contributed by atoms with van der Waals surface area (Å²) in [6, 6.07) is 4.75. The maximum Gasteiger partial charge on any atom is 0.425 e. The molecular weight excluding hydrogens is 434 g/mol. The third-order valence-electron chi connectivity index (χ3n) is 5.00. The number of aromatic nitrogens is 3. The van der Waals surface area contributed by atoms with Gasteiger partial charge >= 0.3 is 6.18 Å². The zero-order valence-corrected chi connectivity index (χ0v) is 16.9. The number of hydrogen-bond donors (Lipinski definition) is 1. The van der Waals surface area contributed by atoms with E-state index in [0.717, 1.165) is 6.07 Å². The number of nitrogens with two attached hydrogens (primary N) is 1. The molecule has 4 rings (SSSR count). The predicted octanol–water partition coefficient (Wildman–Crippen LogP) is 3.83. The normalized spacial score (nSPS) is 21.1. The molecule has 0 unspecified atom stereocenters. The van der Waals surface area contributed by atoms with Crippen molar-refractivity contribution >= 4 is 6.02 Å². The number of benzene rings is 1. The van der Waals surface area contributed by atoms with E-state index in [1.807, 2.05) is 0 Å². The lowest BCUT2D eigenvalue weighted by Gasteiger charge is -2.36. The van der Waals surface area contributed by atoms with Crippen LogP contribution in [0.2, 0.25) is 0 Å². The van der Waals surface area contributed by atoms with Crippen molar-refractivity contribution in [3.05, 3.63) is 48.0 Å². The Morgan fingerprint density at radius 1 is 1.19 bits per heavy atom. The van der Waals surface area contributed by atoms with Gasteiger partial charge in [-0.15, -0.1) is 0 Å². The van der Waals surface area contributed by atoms with Crippen molar-refractivity contribution in [1.29, 1.82) is 0 Å². The van der Waals surface area contributed by atoms with Gasteiger partial charge in [-0.3, -0.25) is 0 Å². The highest BCUT2D eigenvalue weighted by Crippen LogP contribution is 2.41. The number of amidine groups is 1. The van der Waals surface area contributed by atoms with Gasteiger partial charge < -0.3 is 19.7 Å². The molecule has 0 spiro atoms. The number of alkyl halides is 3. The van der Waals surface area contributed by atoms with Crippen LogP contribution in [0.1, 0.15) is 18.9 Å². The molecule has 2 N–H and O–H groups in total. The summed E-state index contributed by atoms with van der Waals surface area (Å²) in [6.45, 7) is 1.36. The van der Waals surface area contributed by atoms with E-state index in [9.17, 15) is 17.6 Å². The molecule has 0 radical (unpaired) electrons. The van der Waals surface area contributed by atoms with Crippen molar-refractivity contribution in [3.63, 3.8) is 0 Å². The molecule has 12 heteroatoms. The summed E-state index contributed by atoms with van der Waals surface area (Å²) in [5, 5.41) is 3.91. The summed E-state index contributed by atoms with van der Waals surface area (Å²) in [7, 11) is 1.48. The molecule has 1 aliphatic heterocycles. The SMILES string of the molecule is COc1cnc(-c2cc(-c3ccc(F)c([C@]4(C)C[C@@H](C(F)(F)F)OC(N)=N4)c3)on2)nc1. The van der Waals surface area contributed by atoms with Crippen molar-refractivity contribution in [2.75, 3.05) is 7.11 Å². The van der Waals surface area contributed by atoms with E-state index in [1.165, 1.54) is 44.6 Å². The van der Waals surface area contributed by atoms with Crippen molar-refractivity contribution < 1.29 is 31.6 Å². The molecule has 0 aliphatic carbocycles. The van der Waals surface area contributed by atoms with Crippen LogP contribution in [-0.4, -0.2) is 40.5 Å². The van der Waals surface area contributed by atoms with E-state index in [2.05, 4.69) is 24.9 Å². The first-order chi connectivity index (χ1) is 15.1. The van der Waals surface area contributed by atoms with Crippen molar-refractivity contribution in [3.8, 4) is 28.6 Å². The average Bonchev–Trinajstić information content (AvgIpc) is 3.23. The van der Waals surface area contributed by atoms with Crippen LogP contribution in [-0.2, 0) is 10.3 Å². The van der Waals surface area contributed by atoms with Crippen molar-refractivity contribution in [2.45, 2.75) is 31.2 Å². The predicted molar refractivity (Wildman–Crippen MR) is 104 cm³/mol. The quantitative estimate of drug-likeness (QED) is 0.601. The molecular formula is C20H17F4N5O3. The summed E-state index contributed by atoms with van der Waals surface area (Å²) < 4.78 is 69.4. The fraction of sp³-hybridized carbons (Fsp3) is 0.300. The fourth-order valence-corrected chi connectivity index (χ4v) is 3.38. The number of nitrogens with zero attached hydrogens (tertiary/aromatic N) is 4. The van der Waals surface area contributed by atoms with E-state index in [1.54, 1.807) is 0 Å². The number of aliphatic imine (C=N–C) groups is 1. The summed E-state index contributed by atoms with van der Waals surface area (Å²) in [6.07, 6.45) is -4.62. The first kappa shape index (κ1) is 21.5. The Kier molecular flexibility index (Phi) is 5.23. The minimum atomic E-state index is -4.69. The Balaban J connectivity index is 1.69. The lowest BCUT2D eigenvalue weighted by molar-refractivity contribution is -0.208. The van der Waals surface area contributed by atoms with Gasteiger partial charge in [-0.05, 0) is 25.1 Å². The Hall–Kier alpha value is -3.70. The second kappa shape index (κ2) is 7.77. The molecule has 1 aliphatic rings. The van der Waals surface area contributed by atoms with Gasteiger partial charge in [-0.1, -0.05) is 5.16 Å². The maximum atomic E-state index is 14.7. The lowest BCUT2D eigenvalue weighted by atomic mass is 9.84. The third kappa shape index (κ3) is 4.07. The van der Waals surface area contributed by atoms with Gasteiger partial charge in [0.15, 0.2) is 29.1 Å². The summed E-state index contributed by atoms with van der Waals surface area (Å²) in [5.41, 5.74) is 4.47. The van der Waals surface area contributed by atoms with Crippen molar-refractivity contribution in [2.24, 2.45) is 10.7 Å². The van der Waals surface area contributed by atoms with E-state index in [0.29, 0.717) is 17.0 Å². The molecule has 32 heavy (non-hydrogen) atoms. The van der Waals surface area contributed by atoms with Crippen LogP contribution < -0.4 is 10.5 Å². The number of methoxy groups -OCH3 is 1. The summed E-state index contributed by atoms with van der Waals surface area (Å²) in [4.78, 5) is 12.2. The zero-order valence-electron chi connectivity index (χ0n) is 16.9. The largest absolute Gasteiger partial charge is 0.494 e. The number of halogens is 4. The van der Waals surface area contributed by atoms with Crippen molar-refractivity contribution in [1.82, 2.24) is 15.1 Å². The van der Waals surface area contributed by atoms with Crippen LogP contribution in [0, 0.1) is 5.82 Å². The molecule has 2 aromatic heterocycles. The number of ether oxygens (including phenoxy) is 2. The van der Waals surface area contributed by atoms with Gasteiger partial charge in [0.25, 0.3) is 6.02 Å². The highest BCUT2D eigenvalue weighted by molar-refractivity contribution is 5.73. The van der Waals surface area contributed by atoms with Gasteiger partial charge in [0.2, 0.25) is 0 Å². The van der Waals surface area contributed by atoms with E-state index >= 15 is 0 Å². The van der Waals surface area contributed by atoms with Gasteiger partial charge in [0, 0.05) is 23.6 Å². The minimum Gasteiger partial charge on any atom is -0.494 e. The third-order valence-corrected chi connectivity index (χ3v) is 5.00. The molecule has 3 aromatic rings. The Morgan fingerprint density at radius 2 is 1.91 bits per heavy atom. The van der Waals surface area contributed by atoms with Crippen LogP contribution in [0.25, 0.3) is 22.8 Å². The molecule has 0 saturated carbocycles. The first-order valence-electron chi connectivity index (χ1n) is 9.31. The second-order valence-electron chi connectivity index (χ2n) is 7.29. The molecule has 2 atom stereocenters. The average molecular weight is 451 g/mol. The van der Waals surface area contributed by atoms with Crippen LogP contribution in [0.15, 0.2) is 46.2 Å². The topological polar surface area (TPSA) is 109 Å². The van der Waals surface area contributed by atoms with Gasteiger partial charge in [-0.25, -0.2) is 19.4 Å². The highest BCUT2D eigenvalue weighted by Gasteiger charge is 2.50. The van der Waals surface area contributed by atoms with Gasteiger partial charge in [-0.2, -0.15) is 13.2 Å². The van der Waals surface area contributed by atoms with Crippen LogP contribution >= 0.6 is 0 Å². The Bertz CT molecular complexity index is 1160. The number of hydrogen-bond acceptors (Lipinski definition) is 8. The molecule has 168 valence electrons. The molecule has 0 saturated heterocycles. The Morgan fingerprint density at radius 3 is 2.56 bits per heavy atom. The summed E-state index contributed by atoms with van der Waals surface area (Å²) >= 11 is 0. The molecule has 3 heterocycles. The van der Waals surface area contributed by atoms with Crippen LogP contribution in [0.4, 0.5) is 17.6 Å². The van der Waals surface area contributed by atoms with Gasteiger partial charge in [0.05, 0.1) is 25.0 Å². The van der Waals surface area contributed by atoms with Crippen LogP contribution in [0.5, 0.6) is 5.75 Å². The van der Waals surface area contributed by atoms with Gasteiger partial charge in [0.1, 0.15) is 5.82 Å². The summed E-state index contributed by atoms with van der Waals surface area (Å²) in [5.74, 6) is 0.224. The smallest absolute Gasteiger partial charge is 0.425 e. The highest BCUT2D eigenvalue weighted by atomic mass is 19.4. The molecule has 0 bridgehead atoms. The van der Waals surface area contributed by atoms with Crippen LogP contribution in [0.3, 0.4) is 0 Å². The molecule has 0 amide bonds.